The number of nitrogens with zero attached hydrogens (tertiary/aromatic N) is 1. The number of nitrogens with one attached hydrogen (secondary N) is 1. The van der Waals surface area contributed by atoms with E-state index in [1.807, 2.05) is 12.1 Å². The third-order valence-corrected chi connectivity index (χ3v) is 4.56. The molecule has 1 heterocycles. The van der Waals surface area contributed by atoms with Crippen LogP contribution >= 0.6 is 0 Å². The lowest BCUT2D eigenvalue weighted by molar-refractivity contribution is 0.129. The van der Waals surface area contributed by atoms with Gasteiger partial charge in [-0.1, -0.05) is 32.9 Å². The molecule has 1 aliphatic rings. The molecule has 1 aliphatic heterocycles. The Bertz CT molecular complexity index is 535. The Labute approximate surface area is 145 Å². The van der Waals surface area contributed by atoms with E-state index in [0.29, 0.717) is 26.2 Å². The van der Waals surface area contributed by atoms with E-state index in [1.165, 1.54) is 5.56 Å². The summed E-state index contributed by atoms with van der Waals surface area (Å²) in [5, 5.41) is 12.5. The second kappa shape index (κ2) is 7.88. The molecule has 1 saturated heterocycles. The van der Waals surface area contributed by atoms with Crippen molar-refractivity contribution in [1.29, 1.82) is 0 Å². The van der Waals surface area contributed by atoms with Gasteiger partial charge in [-0.25, -0.2) is 4.79 Å². The summed E-state index contributed by atoms with van der Waals surface area (Å²) in [7, 11) is 0. The number of likely N-dealkylation sites (tertiary alicyclic amines) is 1. The summed E-state index contributed by atoms with van der Waals surface area (Å²) in [5.74, 6) is 1.00. The van der Waals surface area contributed by atoms with Crippen LogP contribution in [0.25, 0.3) is 0 Å². The fraction of sp³-hybridized carbons (Fsp3) is 0.632. The van der Waals surface area contributed by atoms with Crippen molar-refractivity contribution < 1.29 is 14.6 Å². The maximum absolute atomic E-state index is 12.1. The fourth-order valence-electron chi connectivity index (χ4n) is 2.86. The summed E-state index contributed by atoms with van der Waals surface area (Å²) in [6.07, 6.45) is 0.504. The summed E-state index contributed by atoms with van der Waals surface area (Å²) in [6, 6.07) is 8.01. The molecule has 1 aromatic rings. The molecule has 0 saturated carbocycles. The minimum Gasteiger partial charge on any atom is -0.492 e. The van der Waals surface area contributed by atoms with Gasteiger partial charge >= 0.3 is 6.03 Å². The summed E-state index contributed by atoms with van der Waals surface area (Å²) in [4.78, 5) is 13.8. The Hall–Kier alpha value is -1.75. The van der Waals surface area contributed by atoms with E-state index in [1.54, 1.807) is 11.8 Å². The van der Waals surface area contributed by atoms with Gasteiger partial charge in [-0.2, -0.15) is 0 Å². The summed E-state index contributed by atoms with van der Waals surface area (Å²) in [5.41, 5.74) is 1.40. The van der Waals surface area contributed by atoms with Gasteiger partial charge in [-0.05, 0) is 36.5 Å². The van der Waals surface area contributed by atoms with Gasteiger partial charge < -0.3 is 20.1 Å². The van der Waals surface area contributed by atoms with Crippen molar-refractivity contribution in [3.05, 3.63) is 29.8 Å². The predicted molar refractivity (Wildman–Crippen MR) is 95.4 cm³/mol. The van der Waals surface area contributed by atoms with E-state index in [4.69, 9.17) is 4.74 Å². The van der Waals surface area contributed by atoms with Gasteiger partial charge in [0.1, 0.15) is 12.4 Å². The Morgan fingerprint density at radius 1 is 1.38 bits per heavy atom. The molecular formula is C19H30N2O3. The highest BCUT2D eigenvalue weighted by Gasteiger charge is 2.28. The van der Waals surface area contributed by atoms with Crippen LogP contribution in [0.5, 0.6) is 5.75 Å². The van der Waals surface area contributed by atoms with Crippen LogP contribution in [-0.2, 0) is 5.41 Å². The fourth-order valence-corrected chi connectivity index (χ4v) is 2.86. The van der Waals surface area contributed by atoms with Gasteiger partial charge in [-0.15, -0.1) is 0 Å². The predicted octanol–water partition coefficient (Wildman–Crippen LogP) is 2.78. The number of ether oxygens (including phenoxy) is 1. The van der Waals surface area contributed by atoms with Crippen molar-refractivity contribution in [1.82, 2.24) is 10.2 Å². The van der Waals surface area contributed by atoms with Gasteiger partial charge in [-0.3, -0.25) is 0 Å². The highest BCUT2D eigenvalue weighted by molar-refractivity contribution is 5.74. The van der Waals surface area contributed by atoms with Crippen molar-refractivity contribution in [3.63, 3.8) is 0 Å². The molecule has 0 bridgehead atoms. The van der Waals surface area contributed by atoms with E-state index in [2.05, 4.69) is 38.2 Å². The third-order valence-electron chi connectivity index (χ3n) is 4.56. The molecule has 0 unspecified atom stereocenters. The van der Waals surface area contributed by atoms with Gasteiger partial charge in [0.25, 0.3) is 0 Å². The van der Waals surface area contributed by atoms with Gasteiger partial charge in [0, 0.05) is 19.0 Å². The molecule has 0 aliphatic carbocycles. The van der Waals surface area contributed by atoms with Gasteiger partial charge in [0.2, 0.25) is 0 Å². The molecule has 2 amide bonds. The SMILES string of the molecule is C[C@H](O)[C@H]1CCN(C(=O)NCCOc2ccc(C(C)(C)C)cc2)C1. The molecule has 0 radical (unpaired) electrons. The molecule has 0 aromatic heterocycles. The zero-order valence-electron chi connectivity index (χ0n) is 15.2. The zero-order chi connectivity index (χ0) is 17.7. The average molecular weight is 334 g/mol. The van der Waals surface area contributed by atoms with E-state index in [-0.39, 0.29) is 23.5 Å². The number of hydrogen-bond acceptors (Lipinski definition) is 3. The summed E-state index contributed by atoms with van der Waals surface area (Å²) < 4.78 is 5.67. The number of benzene rings is 1. The van der Waals surface area contributed by atoms with Crippen LogP contribution < -0.4 is 10.1 Å². The Morgan fingerprint density at radius 3 is 2.58 bits per heavy atom. The van der Waals surface area contributed by atoms with Crippen molar-refractivity contribution in [2.45, 2.75) is 45.6 Å². The quantitative estimate of drug-likeness (QED) is 0.814. The molecule has 1 fully saturated rings. The van der Waals surface area contributed by atoms with E-state index >= 15 is 0 Å². The maximum atomic E-state index is 12.1. The smallest absolute Gasteiger partial charge is 0.317 e. The number of carbonyl (C=O) groups is 1. The minimum atomic E-state index is -0.359. The highest BCUT2D eigenvalue weighted by Crippen LogP contribution is 2.24. The maximum Gasteiger partial charge on any atom is 0.317 e. The second-order valence-electron chi connectivity index (χ2n) is 7.59. The number of amides is 2. The lowest BCUT2D eigenvalue weighted by atomic mass is 9.87. The molecule has 2 N–H and O–H groups in total. The molecule has 2 rings (SSSR count). The molecule has 2 atom stereocenters. The number of rotatable bonds is 5. The number of hydrogen-bond donors (Lipinski definition) is 2. The molecule has 0 spiro atoms. The minimum absolute atomic E-state index is 0.0789. The Morgan fingerprint density at radius 2 is 2.04 bits per heavy atom. The second-order valence-corrected chi connectivity index (χ2v) is 7.59. The molecule has 24 heavy (non-hydrogen) atoms. The van der Waals surface area contributed by atoms with E-state index in [9.17, 15) is 9.90 Å². The molecule has 5 nitrogen and oxygen atoms in total. The number of aliphatic hydroxyl groups is 1. The standard InChI is InChI=1S/C19H30N2O3/c1-14(22)15-9-11-21(13-15)18(23)20-10-12-24-17-7-5-16(6-8-17)19(2,3)4/h5-8,14-15,22H,9-13H2,1-4H3,(H,20,23)/t14-,15-/m0/s1. The topological polar surface area (TPSA) is 61.8 Å². The van der Waals surface area contributed by atoms with E-state index in [0.717, 1.165) is 12.2 Å². The largest absolute Gasteiger partial charge is 0.492 e. The van der Waals surface area contributed by atoms with E-state index < -0.39 is 0 Å². The zero-order valence-corrected chi connectivity index (χ0v) is 15.2. The Balaban J connectivity index is 1.69. The summed E-state index contributed by atoms with van der Waals surface area (Å²) in [6.45, 7) is 10.6. The first-order valence-corrected chi connectivity index (χ1v) is 8.71. The third kappa shape index (κ3) is 5.13. The lowest BCUT2D eigenvalue weighted by Crippen LogP contribution is -2.40. The van der Waals surface area contributed by atoms with Crippen LogP contribution in [-0.4, -0.2) is 48.4 Å². The van der Waals surface area contributed by atoms with Gasteiger partial charge in [0.05, 0.1) is 12.6 Å². The van der Waals surface area contributed by atoms with Crippen LogP contribution in [0.15, 0.2) is 24.3 Å². The first kappa shape index (κ1) is 18.6. The monoisotopic (exact) mass is 334 g/mol. The van der Waals surface area contributed by atoms with Crippen LogP contribution in [0, 0.1) is 5.92 Å². The number of urea groups is 1. The van der Waals surface area contributed by atoms with Crippen LogP contribution in [0.1, 0.15) is 39.7 Å². The van der Waals surface area contributed by atoms with Gasteiger partial charge in [0.15, 0.2) is 0 Å². The average Bonchev–Trinajstić information content (AvgIpc) is 3.01. The molecule has 134 valence electrons. The van der Waals surface area contributed by atoms with Crippen LogP contribution in [0.2, 0.25) is 0 Å². The normalized spacial score (nSPS) is 19.2. The number of aliphatic hydroxyl groups excluding tert-OH is 1. The first-order valence-electron chi connectivity index (χ1n) is 8.71. The summed E-state index contributed by atoms with van der Waals surface area (Å²) >= 11 is 0. The van der Waals surface area contributed by atoms with Crippen molar-refractivity contribution >= 4 is 6.03 Å². The van der Waals surface area contributed by atoms with Crippen molar-refractivity contribution in [2.24, 2.45) is 5.92 Å². The van der Waals surface area contributed by atoms with Crippen molar-refractivity contribution in [3.8, 4) is 5.75 Å². The molecule has 1 aromatic carbocycles. The Kier molecular flexibility index (Phi) is 6.10. The van der Waals surface area contributed by atoms with Crippen molar-refractivity contribution in [2.75, 3.05) is 26.2 Å². The number of carbonyl (C=O) groups excluding carboxylic acids is 1. The highest BCUT2D eigenvalue weighted by atomic mass is 16.5. The first-order chi connectivity index (χ1) is 11.3. The molecule has 5 heteroatoms. The lowest BCUT2D eigenvalue weighted by Gasteiger charge is -2.19. The molecular weight excluding hydrogens is 304 g/mol. The van der Waals surface area contributed by atoms with Crippen LogP contribution in [0.4, 0.5) is 4.79 Å². The van der Waals surface area contributed by atoms with Crippen LogP contribution in [0.3, 0.4) is 0 Å².